The Kier molecular flexibility index (Phi) is 5.70. The molecule has 0 radical (unpaired) electrons. The van der Waals surface area contributed by atoms with Crippen LogP contribution in [-0.2, 0) is 9.84 Å². The van der Waals surface area contributed by atoms with Crippen molar-refractivity contribution in [3.63, 3.8) is 0 Å². The van der Waals surface area contributed by atoms with E-state index in [9.17, 15) is 8.42 Å². The molecule has 0 aliphatic carbocycles. The second-order valence-electron chi connectivity index (χ2n) is 5.96. The highest BCUT2D eigenvalue weighted by Gasteiger charge is 2.16. The maximum Gasteiger partial charge on any atom is 0.196 e. The van der Waals surface area contributed by atoms with Gasteiger partial charge in [-0.1, -0.05) is 53.2 Å². The van der Waals surface area contributed by atoms with Crippen molar-refractivity contribution in [1.82, 2.24) is 14.8 Å². The molecule has 0 unspecified atom stereocenters. The highest BCUT2D eigenvalue weighted by atomic mass is 35.5. The standard InChI is InChI=1S/C18H18ClN3O2S2/c1-13-3-5-14(6-4-13)17-20-21-18(25-11-12-26(2,23)24)22(17)16-9-7-15(19)8-10-16/h3-10H,11-12H2,1-2H3. The maximum absolute atomic E-state index is 11.4. The molecule has 3 aromatic rings. The van der Waals surface area contributed by atoms with Crippen molar-refractivity contribution >= 4 is 33.2 Å². The molecule has 1 heterocycles. The van der Waals surface area contributed by atoms with Gasteiger partial charge in [0.05, 0.1) is 5.75 Å². The molecule has 8 heteroatoms. The minimum Gasteiger partial charge on any atom is -0.270 e. The zero-order chi connectivity index (χ0) is 18.7. The van der Waals surface area contributed by atoms with Gasteiger partial charge in [-0.15, -0.1) is 10.2 Å². The van der Waals surface area contributed by atoms with Crippen molar-refractivity contribution in [2.75, 3.05) is 17.8 Å². The summed E-state index contributed by atoms with van der Waals surface area (Å²) in [7, 11) is -3.02. The predicted molar refractivity (Wildman–Crippen MR) is 107 cm³/mol. The number of halogens is 1. The Morgan fingerprint density at radius 3 is 2.31 bits per heavy atom. The largest absolute Gasteiger partial charge is 0.270 e. The number of hydrogen-bond donors (Lipinski definition) is 0. The topological polar surface area (TPSA) is 64.8 Å². The van der Waals surface area contributed by atoms with Crippen molar-refractivity contribution < 1.29 is 8.42 Å². The van der Waals surface area contributed by atoms with Crippen LogP contribution < -0.4 is 0 Å². The van der Waals surface area contributed by atoms with E-state index >= 15 is 0 Å². The van der Waals surface area contributed by atoms with E-state index in [0.717, 1.165) is 16.8 Å². The fraction of sp³-hybridized carbons (Fsp3) is 0.222. The van der Waals surface area contributed by atoms with Crippen molar-refractivity contribution in [3.05, 3.63) is 59.1 Å². The van der Waals surface area contributed by atoms with Crippen LogP contribution in [0.25, 0.3) is 17.1 Å². The molecule has 136 valence electrons. The fourth-order valence-corrected chi connectivity index (χ4v) is 4.63. The molecule has 3 rings (SSSR count). The van der Waals surface area contributed by atoms with E-state index in [1.54, 1.807) is 12.1 Å². The Balaban J connectivity index is 2.01. The smallest absolute Gasteiger partial charge is 0.196 e. The average Bonchev–Trinajstić information content (AvgIpc) is 2.99. The molecule has 0 spiro atoms. The highest BCUT2D eigenvalue weighted by Crippen LogP contribution is 2.28. The number of aryl methyl sites for hydroxylation is 1. The molecule has 0 N–H and O–H groups in total. The summed E-state index contributed by atoms with van der Waals surface area (Å²) in [5, 5.41) is 9.91. The van der Waals surface area contributed by atoms with Crippen molar-refractivity contribution in [1.29, 1.82) is 0 Å². The third-order valence-corrected chi connectivity index (χ3v) is 6.10. The first-order chi connectivity index (χ1) is 12.3. The number of rotatable bonds is 6. The average molecular weight is 408 g/mol. The summed E-state index contributed by atoms with van der Waals surface area (Å²) < 4.78 is 24.7. The first-order valence-corrected chi connectivity index (χ1v) is 11.3. The van der Waals surface area contributed by atoms with Crippen LogP contribution in [0.1, 0.15) is 5.56 Å². The minimum atomic E-state index is -3.02. The van der Waals surface area contributed by atoms with Gasteiger partial charge in [0.2, 0.25) is 0 Å². The molecule has 0 atom stereocenters. The summed E-state index contributed by atoms with van der Waals surface area (Å²) in [6.07, 6.45) is 1.23. The van der Waals surface area contributed by atoms with Gasteiger partial charge >= 0.3 is 0 Å². The Morgan fingerprint density at radius 1 is 1.04 bits per heavy atom. The summed E-state index contributed by atoms with van der Waals surface area (Å²) in [5.41, 5.74) is 2.97. The van der Waals surface area contributed by atoms with Gasteiger partial charge in [-0.05, 0) is 31.2 Å². The van der Waals surface area contributed by atoms with E-state index in [-0.39, 0.29) is 5.75 Å². The minimum absolute atomic E-state index is 0.0883. The van der Waals surface area contributed by atoms with E-state index in [2.05, 4.69) is 10.2 Å². The molecule has 0 fully saturated rings. The zero-order valence-electron chi connectivity index (χ0n) is 14.4. The summed E-state index contributed by atoms with van der Waals surface area (Å²) >= 11 is 7.38. The third kappa shape index (κ3) is 4.66. The number of aromatic nitrogens is 3. The SMILES string of the molecule is Cc1ccc(-c2nnc(SCCS(C)(=O)=O)n2-c2ccc(Cl)cc2)cc1. The maximum atomic E-state index is 11.4. The molecule has 5 nitrogen and oxygen atoms in total. The normalized spacial score (nSPS) is 11.7. The lowest BCUT2D eigenvalue weighted by Gasteiger charge is -2.10. The second kappa shape index (κ2) is 7.82. The van der Waals surface area contributed by atoms with Crippen LogP contribution in [-0.4, -0.2) is 40.9 Å². The van der Waals surface area contributed by atoms with Gasteiger partial charge < -0.3 is 0 Å². The number of sulfone groups is 1. The molecule has 2 aromatic carbocycles. The summed E-state index contributed by atoms with van der Waals surface area (Å²) in [6, 6.07) is 15.4. The number of benzene rings is 2. The van der Waals surface area contributed by atoms with Gasteiger partial charge in [0.1, 0.15) is 9.84 Å². The molecule has 0 aliphatic rings. The Labute approximate surface area is 162 Å². The lowest BCUT2D eigenvalue weighted by Crippen LogP contribution is -2.06. The van der Waals surface area contributed by atoms with Crippen LogP contribution in [0.5, 0.6) is 0 Å². The lowest BCUT2D eigenvalue weighted by atomic mass is 10.1. The quantitative estimate of drug-likeness (QED) is 0.577. The molecule has 0 amide bonds. The van der Waals surface area contributed by atoms with Gasteiger partial charge in [-0.2, -0.15) is 0 Å². The fourth-order valence-electron chi connectivity index (χ4n) is 2.36. The van der Waals surface area contributed by atoms with Gasteiger partial charge in [0, 0.05) is 28.3 Å². The van der Waals surface area contributed by atoms with Gasteiger partial charge in [-0.25, -0.2) is 8.42 Å². The molecule has 0 bridgehead atoms. The first-order valence-electron chi connectivity index (χ1n) is 7.92. The number of thioether (sulfide) groups is 1. The highest BCUT2D eigenvalue weighted by molar-refractivity contribution is 8.00. The zero-order valence-corrected chi connectivity index (χ0v) is 16.8. The van der Waals surface area contributed by atoms with Crippen LogP contribution in [0.4, 0.5) is 0 Å². The van der Waals surface area contributed by atoms with E-state index in [4.69, 9.17) is 11.6 Å². The van der Waals surface area contributed by atoms with Gasteiger partial charge in [0.25, 0.3) is 0 Å². The number of nitrogens with zero attached hydrogens (tertiary/aromatic N) is 3. The monoisotopic (exact) mass is 407 g/mol. The molecule has 0 saturated carbocycles. The first kappa shape index (κ1) is 18.9. The van der Waals surface area contributed by atoms with Crippen LogP contribution in [0.2, 0.25) is 5.02 Å². The Hall–Kier alpha value is -1.83. The van der Waals surface area contributed by atoms with Crippen LogP contribution >= 0.6 is 23.4 Å². The summed E-state index contributed by atoms with van der Waals surface area (Å²) in [5.74, 6) is 1.21. The molecule has 1 aromatic heterocycles. The van der Waals surface area contributed by atoms with Crippen molar-refractivity contribution in [2.45, 2.75) is 12.1 Å². The van der Waals surface area contributed by atoms with Crippen LogP contribution in [0, 0.1) is 6.92 Å². The lowest BCUT2D eigenvalue weighted by molar-refractivity contribution is 0.603. The summed E-state index contributed by atoms with van der Waals surface area (Å²) in [6.45, 7) is 2.03. The van der Waals surface area contributed by atoms with Crippen molar-refractivity contribution in [3.8, 4) is 17.1 Å². The molecule has 0 saturated heterocycles. The molecular formula is C18H18ClN3O2S2. The van der Waals surface area contributed by atoms with Crippen molar-refractivity contribution in [2.24, 2.45) is 0 Å². The van der Waals surface area contributed by atoms with E-state index < -0.39 is 9.84 Å². The van der Waals surface area contributed by atoms with Gasteiger partial charge in [0.15, 0.2) is 11.0 Å². The van der Waals surface area contributed by atoms with Gasteiger partial charge in [-0.3, -0.25) is 4.57 Å². The molecule has 26 heavy (non-hydrogen) atoms. The molecular weight excluding hydrogens is 390 g/mol. The van der Waals surface area contributed by atoms with E-state index in [1.165, 1.54) is 18.0 Å². The van der Waals surface area contributed by atoms with Crippen LogP contribution in [0.3, 0.4) is 0 Å². The second-order valence-corrected chi connectivity index (χ2v) is 9.72. The predicted octanol–water partition coefficient (Wildman–Crippen LogP) is 4.03. The third-order valence-electron chi connectivity index (χ3n) is 3.71. The van der Waals surface area contributed by atoms with Crippen LogP contribution in [0.15, 0.2) is 53.7 Å². The Morgan fingerprint density at radius 2 is 1.69 bits per heavy atom. The van der Waals surface area contributed by atoms with E-state index in [1.807, 2.05) is 47.9 Å². The molecule has 0 aliphatic heterocycles. The van der Waals surface area contributed by atoms with E-state index in [0.29, 0.717) is 21.8 Å². The Bertz CT molecular complexity index is 998. The number of hydrogen-bond acceptors (Lipinski definition) is 5. The summed E-state index contributed by atoms with van der Waals surface area (Å²) in [4.78, 5) is 0.